The fourth-order valence-electron chi connectivity index (χ4n) is 2.85. The third-order valence-electron chi connectivity index (χ3n) is 3.68. The van der Waals surface area contributed by atoms with Gasteiger partial charge in [0.2, 0.25) is 0 Å². The topological polar surface area (TPSA) is 12.0 Å². The summed E-state index contributed by atoms with van der Waals surface area (Å²) in [5.74, 6) is -1.16. The molecule has 1 aliphatic rings. The first-order valence-corrected chi connectivity index (χ1v) is 6.46. The maximum absolute atomic E-state index is 14.0. The van der Waals surface area contributed by atoms with Crippen LogP contribution in [0.5, 0.6) is 0 Å². The maximum Gasteiger partial charge on any atom is 0.129 e. The number of rotatable bonds is 1. The van der Waals surface area contributed by atoms with Crippen LogP contribution in [0.1, 0.15) is 30.4 Å². The van der Waals surface area contributed by atoms with Gasteiger partial charge < -0.3 is 5.32 Å². The van der Waals surface area contributed by atoms with E-state index in [4.69, 9.17) is 0 Å². The second-order valence-corrected chi connectivity index (χ2v) is 5.06. The standard InChI is InChI=1S/C16H15F2N/c1-10-9-12(11-5-2-3-8-15(11)19-10)16-13(17)6-4-7-14(16)18/h2-8,10,12,19H,9H2,1H3. The van der Waals surface area contributed by atoms with Crippen molar-refractivity contribution in [3.63, 3.8) is 0 Å². The molecule has 1 N–H and O–H groups in total. The van der Waals surface area contributed by atoms with Gasteiger partial charge in [-0.15, -0.1) is 0 Å². The summed E-state index contributed by atoms with van der Waals surface area (Å²) < 4.78 is 28.0. The molecule has 0 saturated carbocycles. The van der Waals surface area contributed by atoms with Gasteiger partial charge in [-0.1, -0.05) is 24.3 Å². The Morgan fingerprint density at radius 1 is 1.00 bits per heavy atom. The Balaban J connectivity index is 2.16. The van der Waals surface area contributed by atoms with E-state index >= 15 is 0 Å². The molecular formula is C16H15F2N. The van der Waals surface area contributed by atoms with Crippen LogP contribution in [-0.4, -0.2) is 6.04 Å². The van der Waals surface area contributed by atoms with E-state index in [1.807, 2.05) is 31.2 Å². The Bertz CT molecular complexity index is 589. The maximum atomic E-state index is 14.0. The van der Waals surface area contributed by atoms with E-state index in [1.54, 1.807) is 0 Å². The fourth-order valence-corrected chi connectivity index (χ4v) is 2.85. The van der Waals surface area contributed by atoms with Gasteiger partial charge in [0.15, 0.2) is 0 Å². The molecule has 1 heterocycles. The molecule has 0 aliphatic carbocycles. The smallest absolute Gasteiger partial charge is 0.129 e. The van der Waals surface area contributed by atoms with Crippen molar-refractivity contribution in [2.75, 3.05) is 5.32 Å². The van der Waals surface area contributed by atoms with Crippen molar-refractivity contribution in [2.45, 2.75) is 25.3 Å². The summed E-state index contributed by atoms with van der Waals surface area (Å²) in [5.41, 5.74) is 2.11. The molecule has 1 nitrogen and oxygen atoms in total. The van der Waals surface area contributed by atoms with E-state index in [0.29, 0.717) is 6.42 Å². The molecular weight excluding hydrogens is 244 g/mol. The van der Waals surface area contributed by atoms with Crippen molar-refractivity contribution >= 4 is 5.69 Å². The highest BCUT2D eigenvalue weighted by Gasteiger charge is 2.29. The number of benzene rings is 2. The van der Waals surface area contributed by atoms with Crippen LogP contribution in [0.25, 0.3) is 0 Å². The van der Waals surface area contributed by atoms with Crippen LogP contribution in [0, 0.1) is 11.6 Å². The van der Waals surface area contributed by atoms with Crippen molar-refractivity contribution in [2.24, 2.45) is 0 Å². The van der Waals surface area contributed by atoms with E-state index in [2.05, 4.69) is 5.32 Å². The van der Waals surface area contributed by atoms with Crippen molar-refractivity contribution < 1.29 is 8.78 Å². The second kappa shape index (κ2) is 4.65. The molecule has 19 heavy (non-hydrogen) atoms. The average molecular weight is 259 g/mol. The van der Waals surface area contributed by atoms with Crippen molar-refractivity contribution in [3.8, 4) is 0 Å². The Morgan fingerprint density at radius 3 is 2.42 bits per heavy atom. The van der Waals surface area contributed by atoms with Crippen LogP contribution in [-0.2, 0) is 0 Å². The van der Waals surface area contributed by atoms with Gasteiger partial charge in [-0.05, 0) is 37.1 Å². The van der Waals surface area contributed by atoms with Crippen molar-refractivity contribution in [3.05, 3.63) is 65.2 Å². The number of hydrogen-bond acceptors (Lipinski definition) is 1. The first-order chi connectivity index (χ1) is 9.16. The highest BCUT2D eigenvalue weighted by Crippen LogP contribution is 2.40. The minimum atomic E-state index is -0.464. The summed E-state index contributed by atoms with van der Waals surface area (Å²) in [5, 5.41) is 3.35. The lowest BCUT2D eigenvalue weighted by Gasteiger charge is -2.32. The molecule has 2 aromatic rings. The number of halogens is 2. The van der Waals surface area contributed by atoms with Gasteiger partial charge in [0.1, 0.15) is 11.6 Å². The number of hydrogen-bond donors (Lipinski definition) is 1. The van der Waals surface area contributed by atoms with E-state index in [0.717, 1.165) is 11.3 Å². The van der Waals surface area contributed by atoms with Gasteiger partial charge in [0.05, 0.1) is 0 Å². The molecule has 1 aliphatic heterocycles. The van der Waals surface area contributed by atoms with E-state index < -0.39 is 11.6 Å². The summed E-state index contributed by atoms with van der Waals surface area (Å²) in [6, 6.07) is 12.0. The molecule has 0 saturated heterocycles. The number of fused-ring (bicyclic) bond motifs is 1. The predicted molar refractivity (Wildman–Crippen MR) is 72.3 cm³/mol. The number of para-hydroxylation sites is 1. The molecule has 2 atom stereocenters. The molecule has 0 bridgehead atoms. The monoisotopic (exact) mass is 259 g/mol. The first kappa shape index (κ1) is 12.2. The van der Waals surface area contributed by atoms with Crippen LogP contribution in [0.4, 0.5) is 14.5 Å². The lowest BCUT2D eigenvalue weighted by Crippen LogP contribution is -2.26. The number of anilines is 1. The zero-order valence-corrected chi connectivity index (χ0v) is 10.7. The Hall–Kier alpha value is -1.90. The molecule has 0 fully saturated rings. The zero-order chi connectivity index (χ0) is 13.4. The highest BCUT2D eigenvalue weighted by molar-refractivity contribution is 5.58. The minimum Gasteiger partial charge on any atom is -0.382 e. The van der Waals surface area contributed by atoms with E-state index in [-0.39, 0.29) is 17.5 Å². The van der Waals surface area contributed by atoms with Crippen molar-refractivity contribution in [1.29, 1.82) is 0 Å². The largest absolute Gasteiger partial charge is 0.382 e. The Labute approximate surface area is 111 Å². The highest BCUT2D eigenvalue weighted by atomic mass is 19.1. The normalized spacial score (nSPS) is 21.6. The van der Waals surface area contributed by atoms with Gasteiger partial charge in [0.25, 0.3) is 0 Å². The molecule has 2 unspecified atom stereocenters. The first-order valence-electron chi connectivity index (χ1n) is 6.46. The van der Waals surface area contributed by atoms with Gasteiger partial charge in [0, 0.05) is 23.2 Å². The quantitative estimate of drug-likeness (QED) is 0.805. The van der Waals surface area contributed by atoms with Crippen molar-refractivity contribution in [1.82, 2.24) is 0 Å². The average Bonchev–Trinajstić information content (AvgIpc) is 2.38. The van der Waals surface area contributed by atoms with Gasteiger partial charge in [-0.2, -0.15) is 0 Å². The lowest BCUT2D eigenvalue weighted by atomic mass is 9.82. The zero-order valence-electron chi connectivity index (χ0n) is 10.7. The molecule has 3 heteroatoms. The molecule has 0 amide bonds. The predicted octanol–water partition coefficient (Wildman–Crippen LogP) is 4.30. The molecule has 0 radical (unpaired) electrons. The van der Waals surface area contributed by atoms with Crippen LogP contribution in [0.2, 0.25) is 0 Å². The SMILES string of the molecule is CC1CC(c2c(F)cccc2F)c2ccccc2N1. The Morgan fingerprint density at radius 2 is 1.68 bits per heavy atom. The summed E-state index contributed by atoms with van der Waals surface area (Å²) >= 11 is 0. The summed E-state index contributed by atoms with van der Waals surface area (Å²) in [6.45, 7) is 2.03. The molecule has 98 valence electrons. The van der Waals surface area contributed by atoms with Gasteiger partial charge in [-0.3, -0.25) is 0 Å². The second-order valence-electron chi connectivity index (χ2n) is 5.06. The molecule has 3 rings (SSSR count). The third-order valence-corrected chi connectivity index (χ3v) is 3.68. The van der Waals surface area contributed by atoms with Crippen LogP contribution in [0.15, 0.2) is 42.5 Å². The minimum absolute atomic E-state index is 0.184. The third kappa shape index (κ3) is 2.09. The molecule has 0 spiro atoms. The summed E-state index contributed by atoms with van der Waals surface area (Å²) in [6.07, 6.45) is 0.689. The lowest BCUT2D eigenvalue weighted by molar-refractivity contribution is 0.513. The molecule has 2 aromatic carbocycles. The summed E-state index contributed by atoms with van der Waals surface area (Å²) in [7, 11) is 0. The summed E-state index contributed by atoms with van der Waals surface area (Å²) in [4.78, 5) is 0. The van der Waals surface area contributed by atoms with Crippen LogP contribution < -0.4 is 5.32 Å². The van der Waals surface area contributed by atoms with Gasteiger partial charge >= 0.3 is 0 Å². The number of nitrogens with one attached hydrogen (secondary N) is 1. The Kier molecular flexibility index (Phi) is 2.97. The molecule has 0 aromatic heterocycles. The fraction of sp³-hybridized carbons (Fsp3) is 0.250. The van der Waals surface area contributed by atoms with E-state index in [1.165, 1.54) is 18.2 Å². The van der Waals surface area contributed by atoms with E-state index in [9.17, 15) is 8.78 Å². The van der Waals surface area contributed by atoms with Crippen LogP contribution in [0.3, 0.4) is 0 Å². The van der Waals surface area contributed by atoms with Crippen LogP contribution >= 0.6 is 0 Å². The van der Waals surface area contributed by atoms with Gasteiger partial charge in [-0.25, -0.2) is 8.78 Å².